The molecule has 2 aliphatic heterocycles. The van der Waals surface area contributed by atoms with E-state index < -0.39 is 0 Å². The highest BCUT2D eigenvalue weighted by Crippen LogP contribution is 2.41. The molecule has 2 aromatic rings. The number of nitrogens with one attached hydrogen (secondary N) is 1. The predicted octanol–water partition coefficient (Wildman–Crippen LogP) is 3.39. The SMILES string of the molecule is COc1cc2c(cc1OC)[C@@H](c1ccccc1F)N(C(=S)NCCCN1CCOCC1)CC2. The molecule has 0 aromatic heterocycles. The van der Waals surface area contributed by atoms with E-state index in [0.29, 0.717) is 28.7 Å². The fourth-order valence-electron chi connectivity index (χ4n) is 4.62. The van der Waals surface area contributed by atoms with Crippen LogP contribution >= 0.6 is 12.2 Å². The fraction of sp³-hybridized carbons (Fsp3) is 0.480. The van der Waals surface area contributed by atoms with Crippen molar-refractivity contribution < 1.29 is 18.6 Å². The van der Waals surface area contributed by atoms with Gasteiger partial charge in [0.2, 0.25) is 0 Å². The summed E-state index contributed by atoms with van der Waals surface area (Å²) in [6, 6.07) is 10.5. The van der Waals surface area contributed by atoms with Crippen LogP contribution in [0.5, 0.6) is 11.5 Å². The molecule has 4 rings (SSSR count). The summed E-state index contributed by atoms with van der Waals surface area (Å²) in [7, 11) is 3.24. The van der Waals surface area contributed by atoms with E-state index in [2.05, 4.69) is 15.1 Å². The van der Waals surface area contributed by atoms with Crippen LogP contribution in [0, 0.1) is 5.82 Å². The van der Waals surface area contributed by atoms with Gasteiger partial charge in [0.05, 0.1) is 33.5 Å². The molecular formula is C25H32FN3O3S. The Morgan fingerprint density at radius 1 is 1.09 bits per heavy atom. The average molecular weight is 474 g/mol. The lowest BCUT2D eigenvalue weighted by atomic mass is 9.87. The summed E-state index contributed by atoms with van der Waals surface area (Å²) < 4.78 is 31.4. The van der Waals surface area contributed by atoms with Crippen LogP contribution in [-0.2, 0) is 11.2 Å². The highest BCUT2D eigenvalue weighted by Gasteiger charge is 2.33. The van der Waals surface area contributed by atoms with E-state index in [1.807, 2.05) is 24.3 Å². The van der Waals surface area contributed by atoms with Crippen molar-refractivity contribution in [3.8, 4) is 11.5 Å². The Morgan fingerprint density at radius 3 is 2.55 bits per heavy atom. The van der Waals surface area contributed by atoms with Crippen molar-refractivity contribution in [1.82, 2.24) is 15.1 Å². The number of hydrogen-bond acceptors (Lipinski definition) is 5. The molecule has 1 fully saturated rings. The lowest BCUT2D eigenvalue weighted by Crippen LogP contribution is -2.46. The molecule has 0 bridgehead atoms. The van der Waals surface area contributed by atoms with Crippen molar-refractivity contribution >= 4 is 17.3 Å². The quantitative estimate of drug-likeness (QED) is 0.489. The Hall–Kier alpha value is -2.42. The van der Waals surface area contributed by atoms with E-state index in [1.165, 1.54) is 6.07 Å². The monoisotopic (exact) mass is 473 g/mol. The number of ether oxygens (including phenoxy) is 3. The Kier molecular flexibility index (Phi) is 8.01. The van der Waals surface area contributed by atoms with Crippen molar-refractivity contribution in [2.75, 3.05) is 60.2 Å². The second-order valence-corrected chi connectivity index (χ2v) is 8.70. The van der Waals surface area contributed by atoms with Gasteiger partial charge in [-0.05, 0) is 60.9 Å². The lowest BCUT2D eigenvalue weighted by Gasteiger charge is -2.40. The summed E-state index contributed by atoms with van der Waals surface area (Å²) in [6.45, 7) is 6.04. The summed E-state index contributed by atoms with van der Waals surface area (Å²) >= 11 is 5.81. The standard InChI is InChI=1S/C25H32FN3O3S/c1-30-22-16-18-8-11-29(25(33)27-9-5-10-28-12-14-32-15-13-28)24(20(18)17-23(22)31-2)19-6-3-4-7-21(19)26/h3-4,6-7,16-17,24H,5,8-15H2,1-2H3,(H,27,33)/t24-/m1/s1. The van der Waals surface area contributed by atoms with E-state index in [9.17, 15) is 4.39 Å². The molecule has 1 saturated heterocycles. The first kappa shape index (κ1) is 23.7. The number of benzene rings is 2. The fourth-order valence-corrected chi connectivity index (χ4v) is 4.92. The maximum atomic E-state index is 15.0. The molecule has 6 nitrogen and oxygen atoms in total. The van der Waals surface area contributed by atoms with Gasteiger partial charge in [0.25, 0.3) is 0 Å². The largest absolute Gasteiger partial charge is 0.493 e. The van der Waals surface area contributed by atoms with Gasteiger partial charge in [0, 0.05) is 31.7 Å². The smallest absolute Gasteiger partial charge is 0.169 e. The van der Waals surface area contributed by atoms with Crippen LogP contribution < -0.4 is 14.8 Å². The minimum atomic E-state index is -0.339. The molecule has 0 saturated carbocycles. The Morgan fingerprint density at radius 2 is 1.82 bits per heavy atom. The third kappa shape index (κ3) is 5.39. The zero-order valence-corrected chi connectivity index (χ0v) is 20.1. The van der Waals surface area contributed by atoms with Crippen LogP contribution in [0.4, 0.5) is 4.39 Å². The number of halogens is 1. The molecule has 0 unspecified atom stereocenters. The second-order valence-electron chi connectivity index (χ2n) is 8.31. The van der Waals surface area contributed by atoms with E-state index in [1.54, 1.807) is 20.3 Å². The molecule has 1 atom stereocenters. The first-order valence-electron chi connectivity index (χ1n) is 11.5. The van der Waals surface area contributed by atoms with Gasteiger partial charge in [-0.3, -0.25) is 4.90 Å². The highest BCUT2D eigenvalue weighted by atomic mass is 32.1. The van der Waals surface area contributed by atoms with Crippen LogP contribution in [0.3, 0.4) is 0 Å². The average Bonchev–Trinajstić information content (AvgIpc) is 2.86. The molecule has 2 aromatic carbocycles. The van der Waals surface area contributed by atoms with Crippen molar-refractivity contribution in [2.45, 2.75) is 18.9 Å². The number of thiocarbonyl (C=S) groups is 1. The van der Waals surface area contributed by atoms with Gasteiger partial charge in [-0.2, -0.15) is 0 Å². The van der Waals surface area contributed by atoms with E-state index in [4.69, 9.17) is 26.4 Å². The van der Waals surface area contributed by atoms with Crippen LogP contribution in [0.15, 0.2) is 36.4 Å². The zero-order valence-electron chi connectivity index (χ0n) is 19.3. The Labute approximate surface area is 200 Å². The van der Waals surface area contributed by atoms with Crippen LogP contribution in [0.2, 0.25) is 0 Å². The Balaban J connectivity index is 1.54. The van der Waals surface area contributed by atoms with Gasteiger partial charge in [-0.15, -0.1) is 0 Å². The summed E-state index contributed by atoms with van der Waals surface area (Å²) in [5, 5.41) is 4.06. The summed E-state index contributed by atoms with van der Waals surface area (Å²) in [5.41, 5.74) is 2.71. The maximum Gasteiger partial charge on any atom is 0.169 e. The van der Waals surface area contributed by atoms with Gasteiger partial charge in [-0.1, -0.05) is 18.2 Å². The normalized spacial score (nSPS) is 18.5. The summed E-state index contributed by atoms with van der Waals surface area (Å²) in [5.74, 6) is 1.06. The van der Waals surface area contributed by atoms with Crippen molar-refractivity contribution in [1.29, 1.82) is 0 Å². The first-order valence-corrected chi connectivity index (χ1v) is 11.9. The predicted molar refractivity (Wildman–Crippen MR) is 131 cm³/mol. The topological polar surface area (TPSA) is 46.2 Å². The van der Waals surface area contributed by atoms with Crippen LogP contribution in [-0.4, -0.2) is 75.1 Å². The number of fused-ring (bicyclic) bond motifs is 1. The third-order valence-corrected chi connectivity index (χ3v) is 6.74. The summed E-state index contributed by atoms with van der Waals surface area (Å²) in [6.07, 6.45) is 1.77. The minimum absolute atomic E-state index is 0.245. The third-order valence-electron chi connectivity index (χ3n) is 6.37. The molecule has 2 aliphatic rings. The number of rotatable bonds is 7. The van der Waals surface area contributed by atoms with Gasteiger partial charge in [0.15, 0.2) is 16.6 Å². The maximum absolute atomic E-state index is 15.0. The second kappa shape index (κ2) is 11.1. The van der Waals surface area contributed by atoms with E-state index in [0.717, 1.165) is 63.4 Å². The number of hydrogen-bond donors (Lipinski definition) is 1. The molecule has 0 amide bonds. The van der Waals surface area contributed by atoms with Crippen LogP contribution in [0.25, 0.3) is 0 Å². The minimum Gasteiger partial charge on any atom is -0.493 e. The number of nitrogens with zero attached hydrogens (tertiary/aromatic N) is 2. The van der Waals surface area contributed by atoms with Crippen molar-refractivity contribution in [3.05, 3.63) is 58.9 Å². The van der Waals surface area contributed by atoms with Gasteiger partial charge in [0.1, 0.15) is 5.82 Å². The van der Waals surface area contributed by atoms with Crippen molar-refractivity contribution in [3.63, 3.8) is 0 Å². The molecular weight excluding hydrogens is 441 g/mol. The summed E-state index contributed by atoms with van der Waals surface area (Å²) in [4.78, 5) is 4.50. The molecule has 8 heteroatoms. The van der Waals surface area contributed by atoms with E-state index >= 15 is 0 Å². The Bertz CT molecular complexity index is 968. The van der Waals surface area contributed by atoms with Crippen molar-refractivity contribution in [2.24, 2.45) is 0 Å². The van der Waals surface area contributed by atoms with E-state index in [-0.39, 0.29) is 11.9 Å². The molecule has 0 radical (unpaired) electrons. The molecule has 0 aliphatic carbocycles. The van der Waals surface area contributed by atoms with Gasteiger partial charge in [-0.25, -0.2) is 4.39 Å². The molecule has 2 heterocycles. The number of morpholine rings is 1. The first-order chi connectivity index (χ1) is 16.1. The lowest BCUT2D eigenvalue weighted by molar-refractivity contribution is 0.0375. The molecule has 1 N–H and O–H groups in total. The van der Waals surface area contributed by atoms with Crippen LogP contribution in [0.1, 0.15) is 29.2 Å². The number of methoxy groups -OCH3 is 2. The molecule has 33 heavy (non-hydrogen) atoms. The molecule has 178 valence electrons. The van der Waals surface area contributed by atoms with Gasteiger partial charge >= 0.3 is 0 Å². The van der Waals surface area contributed by atoms with Gasteiger partial charge < -0.3 is 24.4 Å². The zero-order chi connectivity index (χ0) is 23.2. The molecule has 0 spiro atoms. The highest BCUT2D eigenvalue weighted by molar-refractivity contribution is 7.80.